The predicted molar refractivity (Wildman–Crippen MR) is 123 cm³/mol. The molecule has 0 fully saturated rings. The fraction of sp³-hybridized carbons (Fsp3) is 0.182. The standard InChI is InChI=1S/C22H23N5O5S/c1-4-12-23-33(31,32)16-9-7-8-15(13-16)20(28)24-25-21(29)19-17-10-5-6-11-18(17)22(30)27(26-19)14(2)3/h4-11,13-14,23H,1,12H2,2-3H3,(H,24,28)(H,25,29). The maximum atomic E-state index is 12.8. The molecule has 0 spiro atoms. The lowest BCUT2D eigenvalue weighted by atomic mass is 10.1. The second-order valence-corrected chi connectivity index (χ2v) is 9.08. The van der Waals surface area contributed by atoms with Crippen LogP contribution in [0.2, 0.25) is 0 Å². The Morgan fingerprint density at radius 1 is 1.06 bits per heavy atom. The van der Waals surface area contributed by atoms with Crippen molar-refractivity contribution in [3.05, 3.63) is 82.8 Å². The van der Waals surface area contributed by atoms with E-state index in [1.165, 1.54) is 35.0 Å². The Morgan fingerprint density at radius 3 is 2.39 bits per heavy atom. The lowest BCUT2D eigenvalue weighted by molar-refractivity contribution is 0.0843. The summed E-state index contributed by atoms with van der Waals surface area (Å²) in [7, 11) is -3.83. The Bertz CT molecular complexity index is 1400. The van der Waals surface area contributed by atoms with E-state index in [-0.39, 0.29) is 34.3 Å². The molecule has 3 N–H and O–H groups in total. The van der Waals surface area contributed by atoms with Crippen LogP contribution in [0.4, 0.5) is 0 Å². The molecule has 0 radical (unpaired) electrons. The Morgan fingerprint density at radius 2 is 1.73 bits per heavy atom. The number of carbonyl (C=O) groups excluding carboxylic acids is 2. The number of benzene rings is 2. The Hall–Kier alpha value is -3.83. The van der Waals surface area contributed by atoms with Gasteiger partial charge in [-0.3, -0.25) is 25.2 Å². The highest BCUT2D eigenvalue weighted by atomic mass is 32.2. The van der Waals surface area contributed by atoms with Crippen molar-refractivity contribution in [3.8, 4) is 0 Å². The lowest BCUT2D eigenvalue weighted by Crippen LogP contribution is -2.43. The lowest BCUT2D eigenvalue weighted by Gasteiger charge is -2.14. The number of rotatable bonds is 7. The van der Waals surface area contributed by atoms with Gasteiger partial charge in [0, 0.05) is 17.5 Å². The molecule has 2 aromatic carbocycles. The van der Waals surface area contributed by atoms with Gasteiger partial charge >= 0.3 is 0 Å². The zero-order chi connectivity index (χ0) is 24.2. The van der Waals surface area contributed by atoms with E-state index in [0.717, 1.165) is 0 Å². The van der Waals surface area contributed by atoms with Crippen LogP contribution in [0.5, 0.6) is 0 Å². The summed E-state index contributed by atoms with van der Waals surface area (Å²) in [6.07, 6.45) is 1.39. The molecular formula is C22H23N5O5S. The van der Waals surface area contributed by atoms with Gasteiger partial charge in [-0.15, -0.1) is 6.58 Å². The fourth-order valence-electron chi connectivity index (χ4n) is 3.03. The molecule has 0 aliphatic carbocycles. The third-order valence-electron chi connectivity index (χ3n) is 4.65. The average molecular weight is 470 g/mol. The van der Waals surface area contributed by atoms with Crippen molar-refractivity contribution >= 4 is 32.6 Å². The number of sulfonamides is 1. The van der Waals surface area contributed by atoms with E-state index in [1.807, 2.05) is 0 Å². The number of carbonyl (C=O) groups is 2. The van der Waals surface area contributed by atoms with Gasteiger partial charge in [0.1, 0.15) is 0 Å². The van der Waals surface area contributed by atoms with Crippen LogP contribution in [-0.2, 0) is 10.0 Å². The largest absolute Gasteiger partial charge is 0.290 e. The number of amides is 2. The van der Waals surface area contributed by atoms with Crippen LogP contribution >= 0.6 is 0 Å². The van der Waals surface area contributed by atoms with Crippen molar-refractivity contribution in [1.82, 2.24) is 25.4 Å². The summed E-state index contributed by atoms with van der Waals surface area (Å²) in [4.78, 5) is 37.8. The van der Waals surface area contributed by atoms with Gasteiger partial charge in [-0.05, 0) is 38.1 Å². The van der Waals surface area contributed by atoms with E-state index >= 15 is 0 Å². The van der Waals surface area contributed by atoms with Gasteiger partial charge in [0.25, 0.3) is 17.4 Å². The molecule has 0 unspecified atom stereocenters. The topological polar surface area (TPSA) is 139 Å². The molecule has 0 atom stereocenters. The molecule has 3 rings (SSSR count). The molecule has 33 heavy (non-hydrogen) atoms. The number of nitrogens with zero attached hydrogens (tertiary/aromatic N) is 2. The minimum atomic E-state index is -3.83. The fourth-order valence-corrected chi connectivity index (χ4v) is 4.07. The first-order valence-electron chi connectivity index (χ1n) is 9.98. The van der Waals surface area contributed by atoms with Gasteiger partial charge in [-0.1, -0.05) is 30.3 Å². The number of hydrogen-bond donors (Lipinski definition) is 3. The zero-order valence-corrected chi connectivity index (χ0v) is 18.8. The summed E-state index contributed by atoms with van der Waals surface area (Å²) in [5.74, 6) is -1.46. The van der Waals surface area contributed by atoms with Crippen molar-refractivity contribution in [2.24, 2.45) is 0 Å². The van der Waals surface area contributed by atoms with Crippen molar-refractivity contribution in [2.75, 3.05) is 6.54 Å². The summed E-state index contributed by atoms with van der Waals surface area (Å²) in [6, 6.07) is 11.6. The summed E-state index contributed by atoms with van der Waals surface area (Å²) in [6.45, 7) is 7.01. The minimum Gasteiger partial charge on any atom is -0.267 e. The first-order valence-corrected chi connectivity index (χ1v) is 11.5. The average Bonchev–Trinajstić information content (AvgIpc) is 2.81. The summed E-state index contributed by atoms with van der Waals surface area (Å²) < 4.78 is 28.0. The second-order valence-electron chi connectivity index (χ2n) is 7.31. The highest BCUT2D eigenvalue weighted by molar-refractivity contribution is 7.89. The van der Waals surface area contributed by atoms with Gasteiger partial charge in [0.15, 0.2) is 5.69 Å². The number of fused-ring (bicyclic) bond motifs is 1. The first kappa shape index (κ1) is 23.8. The molecule has 0 saturated heterocycles. The number of aromatic nitrogens is 2. The molecule has 0 saturated carbocycles. The van der Waals surface area contributed by atoms with E-state index in [1.54, 1.807) is 38.1 Å². The van der Waals surface area contributed by atoms with Crippen LogP contribution in [0.3, 0.4) is 0 Å². The second kappa shape index (κ2) is 9.76. The Balaban J connectivity index is 1.84. The summed E-state index contributed by atoms with van der Waals surface area (Å²) in [5.41, 5.74) is 4.17. The summed E-state index contributed by atoms with van der Waals surface area (Å²) in [5, 5.41) is 4.83. The van der Waals surface area contributed by atoms with E-state index in [0.29, 0.717) is 10.8 Å². The van der Waals surface area contributed by atoms with Gasteiger partial charge in [-0.2, -0.15) is 5.10 Å². The Labute approximate surface area is 190 Å². The third-order valence-corrected chi connectivity index (χ3v) is 6.07. The van der Waals surface area contributed by atoms with Gasteiger partial charge in [0.2, 0.25) is 10.0 Å². The highest BCUT2D eigenvalue weighted by Gasteiger charge is 2.19. The van der Waals surface area contributed by atoms with E-state index in [9.17, 15) is 22.8 Å². The normalized spacial score (nSPS) is 11.4. The molecule has 0 bridgehead atoms. The molecule has 3 aromatic rings. The third kappa shape index (κ3) is 5.16. The monoisotopic (exact) mass is 469 g/mol. The van der Waals surface area contributed by atoms with E-state index < -0.39 is 21.8 Å². The van der Waals surface area contributed by atoms with Gasteiger partial charge < -0.3 is 0 Å². The van der Waals surface area contributed by atoms with Crippen LogP contribution in [0.25, 0.3) is 10.8 Å². The van der Waals surface area contributed by atoms with E-state index in [2.05, 4.69) is 27.3 Å². The molecule has 0 aliphatic rings. The molecule has 11 heteroatoms. The number of hydrogen-bond acceptors (Lipinski definition) is 6. The zero-order valence-electron chi connectivity index (χ0n) is 18.0. The van der Waals surface area contributed by atoms with Crippen molar-refractivity contribution in [3.63, 3.8) is 0 Å². The summed E-state index contributed by atoms with van der Waals surface area (Å²) >= 11 is 0. The smallest absolute Gasteiger partial charge is 0.267 e. The molecule has 0 aliphatic heterocycles. The van der Waals surface area contributed by atoms with Crippen LogP contribution in [-0.4, -0.2) is 36.6 Å². The maximum absolute atomic E-state index is 12.8. The van der Waals surface area contributed by atoms with Crippen LogP contribution in [0.1, 0.15) is 40.7 Å². The molecule has 1 heterocycles. The van der Waals surface area contributed by atoms with Crippen LogP contribution in [0, 0.1) is 0 Å². The van der Waals surface area contributed by atoms with Gasteiger partial charge in [-0.25, -0.2) is 17.8 Å². The quantitative estimate of drug-likeness (QED) is 0.354. The van der Waals surface area contributed by atoms with Gasteiger partial charge in [0.05, 0.1) is 16.3 Å². The van der Waals surface area contributed by atoms with Crippen molar-refractivity contribution < 1.29 is 18.0 Å². The van der Waals surface area contributed by atoms with E-state index in [4.69, 9.17) is 0 Å². The highest BCUT2D eigenvalue weighted by Crippen LogP contribution is 2.15. The number of hydrazine groups is 1. The minimum absolute atomic E-state index is 0.0155. The first-order chi connectivity index (χ1) is 15.7. The molecular weight excluding hydrogens is 446 g/mol. The predicted octanol–water partition coefficient (Wildman–Crippen LogP) is 1.52. The van der Waals surface area contributed by atoms with Crippen molar-refractivity contribution in [2.45, 2.75) is 24.8 Å². The SMILES string of the molecule is C=CCNS(=O)(=O)c1cccc(C(=O)NNC(=O)c2nn(C(C)C)c(=O)c3ccccc23)c1. The molecule has 2 amide bonds. The molecule has 172 valence electrons. The Kier molecular flexibility index (Phi) is 7.04. The van der Waals surface area contributed by atoms with Crippen LogP contribution < -0.4 is 21.1 Å². The van der Waals surface area contributed by atoms with Crippen molar-refractivity contribution in [1.29, 1.82) is 0 Å². The molecule has 1 aromatic heterocycles. The molecule has 10 nitrogen and oxygen atoms in total. The van der Waals surface area contributed by atoms with Crippen LogP contribution in [0.15, 0.2) is 70.9 Å². The maximum Gasteiger partial charge on any atom is 0.290 e. The number of nitrogens with one attached hydrogen (secondary N) is 3.